The zero-order valence-electron chi connectivity index (χ0n) is 15.8. The van der Waals surface area contributed by atoms with E-state index in [1.54, 1.807) is 48.2 Å². The minimum atomic E-state index is -0.411. The molecule has 30 heavy (non-hydrogen) atoms. The van der Waals surface area contributed by atoms with Gasteiger partial charge in [-0.2, -0.15) is 0 Å². The lowest BCUT2D eigenvalue weighted by molar-refractivity contribution is 0.101. The van der Waals surface area contributed by atoms with Crippen LogP contribution in [0.4, 0.5) is 5.69 Å². The van der Waals surface area contributed by atoms with Crippen LogP contribution in [0.2, 0.25) is 5.02 Å². The number of carbonyl (C=O) groups excluding carboxylic acids is 1. The Morgan fingerprint density at radius 2 is 1.67 bits per heavy atom. The van der Waals surface area contributed by atoms with Crippen LogP contribution in [-0.2, 0) is 0 Å². The van der Waals surface area contributed by atoms with Crippen molar-refractivity contribution in [3.8, 4) is 22.8 Å². The van der Waals surface area contributed by atoms with Crippen molar-refractivity contribution in [2.45, 2.75) is 0 Å². The summed E-state index contributed by atoms with van der Waals surface area (Å²) in [6, 6.07) is 21.9. The number of ether oxygens (including phenoxy) is 1. The van der Waals surface area contributed by atoms with E-state index in [2.05, 4.69) is 31.3 Å². The second-order valence-electron chi connectivity index (χ2n) is 6.34. The standard InChI is InChI=1S/C22H16BrClN4O2/c1-30-19-12-8-17(9-13-19)25-22(29)20-26-21(14-2-4-15(23)5-3-14)28(27-20)18-10-6-16(24)7-11-18/h2-13H,1H3,(H,25,29). The summed E-state index contributed by atoms with van der Waals surface area (Å²) in [5, 5.41) is 7.88. The van der Waals surface area contributed by atoms with Gasteiger partial charge in [-0.3, -0.25) is 4.79 Å². The highest BCUT2D eigenvalue weighted by Gasteiger charge is 2.19. The third-order valence-corrected chi connectivity index (χ3v) is 5.11. The molecule has 0 unspecified atom stereocenters. The maximum absolute atomic E-state index is 12.8. The van der Waals surface area contributed by atoms with Crippen LogP contribution in [0.15, 0.2) is 77.3 Å². The Labute approximate surface area is 186 Å². The molecule has 0 aliphatic carbocycles. The minimum absolute atomic E-state index is 0.0543. The molecule has 1 amide bonds. The quantitative estimate of drug-likeness (QED) is 0.400. The van der Waals surface area contributed by atoms with Crippen LogP contribution < -0.4 is 10.1 Å². The van der Waals surface area contributed by atoms with E-state index < -0.39 is 5.91 Å². The Hall–Kier alpha value is -3.16. The summed E-state index contributed by atoms with van der Waals surface area (Å²) in [7, 11) is 1.59. The average molecular weight is 484 g/mol. The lowest BCUT2D eigenvalue weighted by Crippen LogP contribution is -2.14. The molecule has 6 nitrogen and oxygen atoms in total. The number of halogens is 2. The Morgan fingerprint density at radius 3 is 2.30 bits per heavy atom. The van der Waals surface area contributed by atoms with Gasteiger partial charge in [0, 0.05) is 20.7 Å². The van der Waals surface area contributed by atoms with Crippen molar-refractivity contribution in [3.05, 3.63) is 88.1 Å². The molecule has 0 saturated heterocycles. The first-order valence-electron chi connectivity index (χ1n) is 8.98. The van der Waals surface area contributed by atoms with Crippen LogP contribution in [0.5, 0.6) is 5.75 Å². The SMILES string of the molecule is COc1ccc(NC(=O)c2nc(-c3ccc(Br)cc3)n(-c3ccc(Cl)cc3)n2)cc1. The van der Waals surface area contributed by atoms with Gasteiger partial charge < -0.3 is 10.1 Å². The second-order valence-corrected chi connectivity index (χ2v) is 7.69. The number of nitrogens with zero attached hydrogens (tertiary/aromatic N) is 3. The topological polar surface area (TPSA) is 69.0 Å². The summed E-state index contributed by atoms with van der Waals surface area (Å²) in [6.45, 7) is 0. The van der Waals surface area contributed by atoms with E-state index in [4.69, 9.17) is 16.3 Å². The first-order chi connectivity index (χ1) is 14.5. The van der Waals surface area contributed by atoms with Gasteiger partial charge in [-0.1, -0.05) is 39.7 Å². The number of nitrogens with one attached hydrogen (secondary N) is 1. The molecule has 0 aliphatic rings. The molecule has 4 aromatic rings. The van der Waals surface area contributed by atoms with Crippen molar-refractivity contribution in [2.75, 3.05) is 12.4 Å². The van der Waals surface area contributed by atoms with Crippen LogP contribution in [0.1, 0.15) is 10.6 Å². The highest BCUT2D eigenvalue weighted by Crippen LogP contribution is 2.24. The van der Waals surface area contributed by atoms with Crippen molar-refractivity contribution in [3.63, 3.8) is 0 Å². The molecule has 0 saturated carbocycles. The van der Waals surface area contributed by atoms with Crippen LogP contribution >= 0.6 is 27.5 Å². The summed E-state index contributed by atoms with van der Waals surface area (Å²) in [6.07, 6.45) is 0. The largest absolute Gasteiger partial charge is 0.497 e. The zero-order valence-corrected chi connectivity index (χ0v) is 18.2. The van der Waals surface area contributed by atoms with Gasteiger partial charge in [-0.05, 0) is 60.7 Å². The lowest BCUT2D eigenvalue weighted by Gasteiger charge is -2.06. The minimum Gasteiger partial charge on any atom is -0.497 e. The molecule has 0 atom stereocenters. The Bertz CT molecular complexity index is 1110. The molecule has 150 valence electrons. The van der Waals surface area contributed by atoms with Crippen molar-refractivity contribution in [1.29, 1.82) is 0 Å². The smallest absolute Gasteiger partial charge is 0.295 e. The van der Waals surface area contributed by atoms with E-state index in [-0.39, 0.29) is 5.82 Å². The molecule has 0 spiro atoms. The molecule has 1 N–H and O–H groups in total. The first kappa shape index (κ1) is 20.1. The van der Waals surface area contributed by atoms with Gasteiger partial charge in [0.25, 0.3) is 5.91 Å². The van der Waals surface area contributed by atoms with E-state index >= 15 is 0 Å². The van der Waals surface area contributed by atoms with Crippen LogP contribution in [-0.4, -0.2) is 27.8 Å². The first-order valence-corrected chi connectivity index (χ1v) is 10.1. The average Bonchev–Trinajstić information content (AvgIpc) is 3.21. The summed E-state index contributed by atoms with van der Waals surface area (Å²) in [5.41, 5.74) is 2.19. The highest BCUT2D eigenvalue weighted by atomic mass is 79.9. The fourth-order valence-electron chi connectivity index (χ4n) is 2.82. The maximum atomic E-state index is 12.8. The fourth-order valence-corrected chi connectivity index (χ4v) is 3.21. The molecule has 0 aliphatic heterocycles. The number of anilines is 1. The number of rotatable bonds is 5. The van der Waals surface area contributed by atoms with Crippen molar-refractivity contribution in [1.82, 2.24) is 14.8 Å². The van der Waals surface area contributed by atoms with Gasteiger partial charge >= 0.3 is 0 Å². The van der Waals surface area contributed by atoms with E-state index in [1.807, 2.05) is 36.4 Å². The molecule has 3 aromatic carbocycles. The number of hydrogen-bond acceptors (Lipinski definition) is 4. The van der Waals surface area contributed by atoms with Gasteiger partial charge in [0.1, 0.15) is 5.75 Å². The number of methoxy groups -OCH3 is 1. The summed E-state index contributed by atoms with van der Waals surface area (Å²) in [4.78, 5) is 17.3. The van der Waals surface area contributed by atoms with Crippen LogP contribution in [0, 0.1) is 0 Å². The van der Waals surface area contributed by atoms with Crippen molar-refractivity contribution < 1.29 is 9.53 Å². The number of benzene rings is 3. The number of hydrogen-bond donors (Lipinski definition) is 1. The molecule has 0 fully saturated rings. The Balaban J connectivity index is 1.71. The lowest BCUT2D eigenvalue weighted by atomic mass is 10.2. The third kappa shape index (κ3) is 4.37. The second kappa shape index (κ2) is 8.69. The van der Waals surface area contributed by atoms with E-state index in [0.29, 0.717) is 22.3 Å². The molecule has 0 radical (unpaired) electrons. The van der Waals surface area contributed by atoms with Crippen LogP contribution in [0.25, 0.3) is 17.1 Å². The molecule has 4 rings (SSSR count). The van der Waals surface area contributed by atoms with Crippen LogP contribution in [0.3, 0.4) is 0 Å². The van der Waals surface area contributed by atoms with Gasteiger partial charge in [0.15, 0.2) is 5.82 Å². The van der Waals surface area contributed by atoms with E-state index in [9.17, 15) is 4.79 Å². The number of aromatic nitrogens is 3. The van der Waals surface area contributed by atoms with Crippen molar-refractivity contribution in [2.24, 2.45) is 0 Å². The maximum Gasteiger partial charge on any atom is 0.295 e. The predicted octanol–water partition coefficient (Wildman–Crippen LogP) is 5.61. The van der Waals surface area contributed by atoms with Gasteiger partial charge in [-0.15, -0.1) is 5.10 Å². The van der Waals surface area contributed by atoms with Crippen molar-refractivity contribution >= 4 is 39.1 Å². The van der Waals surface area contributed by atoms with E-state index in [1.165, 1.54) is 0 Å². The van der Waals surface area contributed by atoms with Gasteiger partial charge in [0.2, 0.25) is 5.82 Å². The zero-order chi connectivity index (χ0) is 21.1. The molecule has 1 aromatic heterocycles. The predicted molar refractivity (Wildman–Crippen MR) is 120 cm³/mol. The highest BCUT2D eigenvalue weighted by molar-refractivity contribution is 9.10. The molecule has 0 bridgehead atoms. The van der Waals surface area contributed by atoms with E-state index in [0.717, 1.165) is 15.7 Å². The summed E-state index contributed by atoms with van der Waals surface area (Å²) in [5.74, 6) is 0.894. The Kier molecular flexibility index (Phi) is 5.83. The molecule has 8 heteroatoms. The Morgan fingerprint density at radius 1 is 1.00 bits per heavy atom. The summed E-state index contributed by atoms with van der Waals surface area (Å²) >= 11 is 9.45. The number of amides is 1. The van der Waals surface area contributed by atoms with Gasteiger partial charge in [0.05, 0.1) is 12.8 Å². The third-order valence-electron chi connectivity index (χ3n) is 4.33. The summed E-state index contributed by atoms with van der Waals surface area (Å²) < 4.78 is 7.71. The molecule has 1 heterocycles. The number of carbonyl (C=O) groups is 1. The molecular weight excluding hydrogens is 468 g/mol. The fraction of sp³-hybridized carbons (Fsp3) is 0.0455. The normalized spacial score (nSPS) is 10.6. The monoisotopic (exact) mass is 482 g/mol. The molecular formula is C22H16BrClN4O2. The van der Waals surface area contributed by atoms with Gasteiger partial charge in [-0.25, -0.2) is 9.67 Å².